The molecule has 0 saturated heterocycles. The Kier molecular flexibility index (Phi) is 2.93. The molecule has 0 spiro atoms. The number of hydrogen-bond acceptors (Lipinski definition) is 4. The second-order valence-electron chi connectivity index (χ2n) is 3.61. The third-order valence-corrected chi connectivity index (χ3v) is 3.06. The number of anilines is 1. The topological polar surface area (TPSA) is 32.6 Å². The molecule has 2 heterocycles. The molecule has 0 aliphatic rings. The molecular weight excluding hydrogens is 208 g/mol. The van der Waals surface area contributed by atoms with Crippen molar-refractivity contribution in [2.75, 3.05) is 25.5 Å². The third-order valence-electron chi connectivity index (χ3n) is 2.31. The average molecular weight is 224 g/mol. The van der Waals surface area contributed by atoms with Crippen LogP contribution < -0.4 is 10.2 Å². The molecule has 2 aromatic heterocycles. The summed E-state index contributed by atoms with van der Waals surface area (Å²) in [4.78, 5) is 7.72. The lowest BCUT2D eigenvalue weighted by Gasteiger charge is -2.11. The van der Waals surface area contributed by atoms with E-state index in [1.165, 1.54) is 5.69 Å². The molecule has 0 aromatic carbocycles. The molecular formula is C10H16N4S. The molecule has 0 saturated carbocycles. The van der Waals surface area contributed by atoms with Gasteiger partial charge >= 0.3 is 0 Å². The molecule has 0 aliphatic carbocycles. The minimum absolute atomic E-state index is 0.863. The highest BCUT2D eigenvalue weighted by Crippen LogP contribution is 2.22. The molecule has 0 atom stereocenters. The van der Waals surface area contributed by atoms with Crippen LogP contribution in [0.25, 0.3) is 4.96 Å². The Bertz CT molecular complexity index is 443. The van der Waals surface area contributed by atoms with Crippen LogP contribution in [-0.4, -0.2) is 30.0 Å². The first-order chi connectivity index (χ1) is 7.24. The highest BCUT2D eigenvalue weighted by Gasteiger charge is 2.13. The zero-order valence-corrected chi connectivity index (χ0v) is 10.1. The van der Waals surface area contributed by atoms with Gasteiger partial charge in [0.15, 0.2) is 10.8 Å². The number of thiazole rings is 1. The first-order valence-electron chi connectivity index (χ1n) is 5.06. The van der Waals surface area contributed by atoms with Crippen LogP contribution in [0.2, 0.25) is 0 Å². The van der Waals surface area contributed by atoms with Crippen LogP contribution in [0.3, 0.4) is 0 Å². The minimum atomic E-state index is 0.863. The molecule has 0 unspecified atom stereocenters. The summed E-state index contributed by atoms with van der Waals surface area (Å²) in [7, 11) is 4.06. The van der Waals surface area contributed by atoms with Gasteiger partial charge in [0.1, 0.15) is 0 Å². The van der Waals surface area contributed by atoms with Gasteiger partial charge in [-0.1, -0.05) is 6.92 Å². The predicted molar refractivity (Wildman–Crippen MR) is 64.8 cm³/mol. The van der Waals surface area contributed by atoms with Crippen molar-refractivity contribution in [3.8, 4) is 0 Å². The molecule has 0 radical (unpaired) electrons. The lowest BCUT2D eigenvalue weighted by molar-refractivity contribution is 0.705. The molecule has 0 fully saturated rings. The summed E-state index contributed by atoms with van der Waals surface area (Å²) < 4.78 is 2.16. The first-order valence-corrected chi connectivity index (χ1v) is 5.94. The van der Waals surface area contributed by atoms with E-state index in [1.807, 2.05) is 14.1 Å². The largest absolute Gasteiger partial charge is 0.361 e. The monoisotopic (exact) mass is 224 g/mol. The Morgan fingerprint density at radius 3 is 3.00 bits per heavy atom. The number of imidazole rings is 1. The van der Waals surface area contributed by atoms with Gasteiger partial charge in [-0.15, -0.1) is 11.3 Å². The van der Waals surface area contributed by atoms with E-state index in [4.69, 9.17) is 0 Å². The van der Waals surface area contributed by atoms with Gasteiger partial charge in [0.25, 0.3) is 0 Å². The van der Waals surface area contributed by atoms with Gasteiger partial charge in [0, 0.05) is 32.2 Å². The number of hydrogen-bond donors (Lipinski definition) is 1. The average Bonchev–Trinajstić information content (AvgIpc) is 2.74. The van der Waals surface area contributed by atoms with Gasteiger partial charge in [-0.3, -0.25) is 4.40 Å². The fourth-order valence-electron chi connectivity index (χ4n) is 1.59. The van der Waals surface area contributed by atoms with E-state index in [1.54, 1.807) is 11.3 Å². The van der Waals surface area contributed by atoms with Gasteiger partial charge < -0.3 is 10.2 Å². The molecule has 15 heavy (non-hydrogen) atoms. The molecule has 1 N–H and O–H groups in total. The van der Waals surface area contributed by atoms with Gasteiger partial charge in [-0.25, -0.2) is 4.98 Å². The summed E-state index contributed by atoms with van der Waals surface area (Å²) in [5.41, 5.74) is 1.23. The first kappa shape index (κ1) is 10.4. The second kappa shape index (κ2) is 4.20. The van der Waals surface area contributed by atoms with Crippen molar-refractivity contribution in [2.45, 2.75) is 13.5 Å². The van der Waals surface area contributed by atoms with Crippen LogP contribution in [0.15, 0.2) is 11.6 Å². The van der Waals surface area contributed by atoms with E-state index in [9.17, 15) is 0 Å². The van der Waals surface area contributed by atoms with Crippen LogP contribution in [0.1, 0.15) is 12.6 Å². The van der Waals surface area contributed by atoms with Gasteiger partial charge in [-0.2, -0.15) is 0 Å². The van der Waals surface area contributed by atoms with Crippen molar-refractivity contribution < 1.29 is 0 Å². The van der Waals surface area contributed by atoms with Crippen molar-refractivity contribution in [1.82, 2.24) is 14.7 Å². The Labute approximate surface area is 93.5 Å². The number of fused-ring (bicyclic) bond motifs is 1. The van der Waals surface area contributed by atoms with Crippen molar-refractivity contribution in [3.63, 3.8) is 0 Å². The number of nitrogens with one attached hydrogen (secondary N) is 1. The highest BCUT2D eigenvalue weighted by molar-refractivity contribution is 7.15. The van der Waals surface area contributed by atoms with Crippen LogP contribution in [0, 0.1) is 0 Å². The second-order valence-corrected chi connectivity index (χ2v) is 4.49. The van der Waals surface area contributed by atoms with Crippen molar-refractivity contribution in [2.24, 2.45) is 0 Å². The van der Waals surface area contributed by atoms with E-state index >= 15 is 0 Å². The number of aromatic nitrogens is 2. The van der Waals surface area contributed by atoms with Crippen molar-refractivity contribution in [3.05, 3.63) is 17.3 Å². The molecule has 0 aliphatic heterocycles. The number of nitrogens with zero attached hydrogens (tertiary/aromatic N) is 3. The number of rotatable bonds is 4. The highest BCUT2D eigenvalue weighted by atomic mass is 32.1. The quantitative estimate of drug-likeness (QED) is 0.855. The summed E-state index contributed by atoms with van der Waals surface area (Å²) >= 11 is 1.67. The van der Waals surface area contributed by atoms with E-state index < -0.39 is 0 Å². The van der Waals surface area contributed by atoms with Crippen molar-refractivity contribution >= 4 is 22.1 Å². The fraction of sp³-hybridized carbons (Fsp3) is 0.500. The molecule has 4 nitrogen and oxygen atoms in total. The normalized spacial score (nSPS) is 11.1. The summed E-state index contributed by atoms with van der Waals surface area (Å²) in [6.45, 7) is 3.95. The van der Waals surface area contributed by atoms with Gasteiger partial charge in [0.05, 0.1) is 5.69 Å². The SMILES string of the molecule is CCNCc1c(N(C)C)nc2sccn12. The molecule has 82 valence electrons. The molecule has 0 bridgehead atoms. The van der Waals surface area contributed by atoms with Gasteiger partial charge in [-0.05, 0) is 6.54 Å². The van der Waals surface area contributed by atoms with Crippen LogP contribution in [0.5, 0.6) is 0 Å². The fourth-order valence-corrected chi connectivity index (χ4v) is 2.32. The summed E-state index contributed by atoms with van der Waals surface area (Å²) in [6.07, 6.45) is 2.08. The summed E-state index contributed by atoms with van der Waals surface area (Å²) in [6, 6.07) is 0. The summed E-state index contributed by atoms with van der Waals surface area (Å²) in [5.74, 6) is 1.06. The molecule has 5 heteroatoms. The van der Waals surface area contributed by atoms with Crippen LogP contribution in [0.4, 0.5) is 5.82 Å². The van der Waals surface area contributed by atoms with E-state index in [-0.39, 0.29) is 0 Å². The van der Waals surface area contributed by atoms with Crippen molar-refractivity contribution in [1.29, 1.82) is 0 Å². The van der Waals surface area contributed by atoms with Gasteiger partial charge in [0.2, 0.25) is 0 Å². The maximum Gasteiger partial charge on any atom is 0.195 e. The lowest BCUT2D eigenvalue weighted by Crippen LogP contribution is -2.17. The summed E-state index contributed by atoms with van der Waals surface area (Å²) in [5, 5.41) is 5.41. The third kappa shape index (κ3) is 1.85. The van der Waals surface area contributed by atoms with E-state index in [2.05, 4.69) is 38.1 Å². The predicted octanol–water partition coefficient (Wildman–Crippen LogP) is 1.57. The minimum Gasteiger partial charge on any atom is -0.361 e. The van der Waals surface area contributed by atoms with E-state index in [0.29, 0.717) is 0 Å². The van der Waals surface area contributed by atoms with Crippen LogP contribution in [-0.2, 0) is 6.54 Å². The Morgan fingerprint density at radius 2 is 2.33 bits per heavy atom. The standard InChI is InChI=1S/C10H16N4S/c1-4-11-7-8-9(13(2)3)12-10-14(8)5-6-15-10/h5-6,11H,4,7H2,1-3H3. The van der Waals surface area contributed by atoms with E-state index in [0.717, 1.165) is 23.9 Å². The zero-order valence-electron chi connectivity index (χ0n) is 9.32. The van der Waals surface area contributed by atoms with Crippen LogP contribution >= 0.6 is 11.3 Å². The maximum atomic E-state index is 4.59. The molecule has 2 aromatic rings. The Morgan fingerprint density at radius 1 is 1.53 bits per heavy atom. The Balaban J connectivity index is 2.44. The smallest absolute Gasteiger partial charge is 0.195 e. The Hall–Kier alpha value is -1.07. The maximum absolute atomic E-state index is 4.59. The molecule has 2 rings (SSSR count). The zero-order chi connectivity index (χ0) is 10.8. The molecule has 0 amide bonds. The lowest BCUT2D eigenvalue weighted by atomic mass is 10.4.